The Morgan fingerprint density at radius 1 is 0.929 bits per heavy atom. The summed E-state index contributed by atoms with van der Waals surface area (Å²) >= 11 is 1.47. The van der Waals surface area contributed by atoms with Crippen LogP contribution in [0.25, 0.3) is 5.57 Å². The summed E-state index contributed by atoms with van der Waals surface area (Å²) in [6.45, 7) is 4.51. The Morgan fingerprint density at radius 3 is 2.36 bits per heavy atom. The van der Waals surface area contributed by atoms with Gasteiger partial charge in [0.15, 0.2) is 0 Å². The molecule has 0 unspecified atom stereocenters. The lowest BCUT2D eigenvalue weighted by molar-refractivity contribution is -0.120. The second-order valence-corrected chi connectivity index (χ2v) is 7.51. The van der Waals surface area contributed by atoms with Gasteiger partial charge in [0.05, 0.1) is 11.3 Å². The van der Waals surface area contributed by atoms with Crippen molar-refractivity contribution >= 4 is 40.1 Å². The number of carbonyl (C=O) groups is 2. The number of likely N-dealkylation sites (N-methyl/N-ethyl adjacent to an activating group) is 1. The van der Waals surface area contributed by atoms with Gasteiger partial charge in [-0.3, -0.25) is 9.59 Å². The van der Waals surface area contributed by atoms with Crippen molar-refractivity contribution in [3.63, 3.8) is 0 Å². The Morgan fingerprint density at radius 2 is 1.71 bits per heavy atom. The maximum atomic E-state index is 13.5. The van der Waals surface area contributed by atoms with Crippen LogP contribution in [-0.2, 0) is 9.59 Å². The number of aryl methyl sites for hydroxylation is 1. The van der Waals surface area contributed by atoms with Crippen LogP contribution in [0.3, 0.4) is 0 Å². The number of anilines is 2. The van der Waals surface area contributed by atoms with Crippen molar-refractivity contribution in [3.8, 4) is 0 Å². The fourth-order valence-electron chi connectivity index (χ4n) is 3.49. The molecule has 0 aliphatic carbocycles. The van der Waals surface area contributed by atoms with E-state index in [0.29, 0.717) is 23.5 Å². The number of hydrogen-bond acceptors (Lipinski definition) is 4. The number of rotatable bonds is 5. The molecule has 0 spiro atoms. The molecule has 1 aromatic heterocycles. The molecule has 2 heterocycles. The zero-order valence-corrected chi connectivity index (χ0v) is 16.6. The summed E-state index contributed by atoms with van der Waals surface area (Å²) in [7, 11) is 0. The second kappa shape index (κ2) is 7.44. The summed E-state index contributed by atoms with van der Waals surface area (Å²) in [5.41, 5.74) is 3.39. The van der Waals surface area contributed by atoms with Gasteiger partial charge in [0.25, 0.3) is 11.8 Å². The Kier molecular flexibility index (Phi) is 4.84. The highest BCUT2D eigenvalue weighted by atomic mass is 32.1. The third-order valence-corrected chi connectivity index (χ3v) is 5.63. The van der Waals surface area contributed by atoms with E-state index in [-0.39, 0.29) is 11.8 Å². The highest BCUT2D eigenvalue weighted by Crippen LogP contribution is 2.38. The molecule has 140 valence electrons. The summed E-state index contributed by atoms with van der Waals surface area (Å²) in [6, 6.07) is 21.0. The minimum Gasteiger partial charge on any atom is -0.337 e. The molecule has 2 aromatic carbocycles. The molecule has 5 heteroatoms. The molecule has 0 bridgehead atoms. The molecule has 0 atom stereocenters. The van der Waals surface area contributed by atoms with E-state index >= 15 is 0 Å². The number of thiophene rings is 1. The van der Waals surface area contributed by atoms with Crippen molar-refractivity contribution in [2.24, 2.45) is 0 Å². The molecule has 0 fully saturated rings. The van der Waals surface area contributed by atoms with Crippen LogP contribution in [0.5, 0.6) is 0 Å². The Balaban J connectivity index is 1.89. The van der Waals surface area contributed by atoms with E-state index in [4.69, 9.17) is 0 Å². The van der Waals surface area contributed by atoms with Gasteiger partial charge in [-0.25, -0.2) is 4.90 Å². The van der Waals surface area contributed by atoms with Gasteiger partial charge in [0.2, 0.25) is 0 Å². The second-order valence-electron chi connectivity index (χ2n) is 6.57. The van der Waals surface area contributed by atoms with Crippen LogP contribution in [0, 0.1) is 6.92 Å². The van der Waals surface area contributed by atoms with E-state index in [9.17, 15) is 9.59 Å². The summed E-state index contributed by atoms with van der Waals surface area (Å²) in [6.07, 6.45) is 0. The lowest BCUT2D eigenvalue weighted by Gasteiger charge is -2.24. The third kappa shape index (κ3) is 3.04. The predicted molar refractivity (Wildman–Crippen MR) is 114 cm³/mol. The fourth-order valence-corrected chi connectivity index (χ4v) is 4.25. The van der Waals surface area contributed by atoms with E-state index in [1.165, 1.54) is 16.2 Å². The normalized spacial score (nSPS) is 14.1. The smallest absolute Gasteiger partial charge is 0.282 e. The van der Waals surface area contributed by atoms with Crippen LogP contribution in [0.2, 0.25) is 0 Å². The highest BCUT2D eigenvalue weighted by Gasteiger charge is 2.43. The molecule has 4 rings (SSSR count). The predicted octanol–water partition coefficient (Wildman–Crippen LogP) is 4.87. The van der Waals surface area contributed by atoms with Crippen molar-refractivity contribution < 1.29 is 9.59 Å². The number of benzene rings is 2. The Labute approximate surface area is 168 Å². The summed E-state index contributed by atoms with van der Waals surface area (Å²) in [5.74, 6) is -0.563. The fraction of sp³-hybridized carbons (Fsp3) is 0.130. The molecule has 1 aliphatic rings. The van der Waals surface area contributed by atoms with Gasteiger partial charge in [0, 0.05) is 17.1 Å². The number of imide groups is 1. The van der Waals surface area contributed by atoms with Gasteiger partial charge in [-0.15, -0.1) is 11.3 Å². The average molecular weight is 388 g/mol. The lowest BCUT2D eigenvalue weighted by Crippen LogP contribution is -2.35. The topological polar surface area (TPSA) is 40.6 Å². The molecule has 4 nitrogen and oxygen atoms in total. The molecule has 0 saturated carbocycles. The quantitative estimate of drug-likeness (QED) is 0.586. The van der Waals surface area contributed by atoms with E-state index in [0.717, 1.165) is 16.1 Å². The number of para-hydroxylation sites is 1. The number of amides is 2. The molecule has 0 N–H and O–H groups in total. The van der Waals surface area contributed by atoms with E-state index < -0.39 is 0 Å². The molecular weight excluding hydrogens is 368 g/mol. The molecule has 3 aromatic rings. The molecular formula is C23H20N2O2S. The van der Waals surface area contributed by atoms with Crippen molar-refractivity contribution in [2.75, 3.05) is 16.3 Å². The first kappa shape index (κ1) is 18.2. The first-order valence-corrected chi connectivity index (χ1v) is 10.1. The molecule has 2 amide bonds. The zero-order chi connectivity index (χ0) is 19.7. The van der Waals surface area contributed by atoms with E-state index in [1.807, 2.05) is 84.8 Å². The zero-order valence-electron chi connectivity index (χ0n) is 15.8. The minimum absolute atomic E-state index is 0.276. The SMILES string of the molecule is CCN(C1=C(c2cccs2)C(=O)N(c2cccc(C)c2)C1=O)c1ccccc1. The number of carbonyl (C=O) groups excluding carboxylic acids is 2. The number of nitrogens with zero attached hydrogens (tertiary/aromatic N) is 2. The first-order chi connectivity index (χ1) is 13.6. The van der Waals surface area contributed by atoms with Crippen molar-refractivity contribution in [1.29, 1.82) is 0 Å². The molecule has 0 radical (unpaired) electrons. The first-order valence-electron chi connectivity index (χ1n) is 9.18. The largest absolute Gasteiger partial charge is 0.337 e. The van der Waals surface area contributed by atoms with Crippen LogP contribution < -0.4 is 9.80 Å². The lowest BCUT2D eigenvalue weighted by atomic mass is 10.1. The van der Waals surface area contributed by atoms with Crippen LogP contribution in [-0.4, -0.2) is 18.4 Å². The maximum Gasteiger partial charge on any atom is 0.282 e. The van der Waals surface area contributed by atoms with Gasteiger partial charge >= 0.3 is 0 Å². The van der Waals surface area contributed by atoms with Gasteiger partial charge < -0.3 is 4.90 Å². The van der Waals surface area contributed by atoms with Crippen LogP contribution in [0.1, 0.15) is 17.4 Å². The summed E-state index contributed by atoms with van der Waals surface area (Å²) in [4.78, 5) is 31.0. The molecule has 0 saturated heterocycles. The van der Waals surface area contributed by atoms with E-state index in [1.54, 1.807) is 6.07 Å². The maximum absolute atomic E-state index is 13.5. The average Bonchev–Trinajstić information content (AvgIpc) is 3.30. The summed E-state index contributed by atoms with van der Waals surface area (Å²) < 4.78 is 0. The van der Waals surface area contributed by atoms with Gasteiger partial charge in [-0.05, 0) is 55.1 Å². The van der Waals surface area contributed by atoms with Gasteiger partial charge in [0.1, 0.15) is 5.70 Å². The van der Waals surface area contributed by atoms with Gasteiger partial charge in [-0.2, -0.15) is 0 Å². The van der Waals surface area contributed by atoms with Gasteiger partial charge in [-0.1, -0.05) is 36.4 Å². The van der Waals surface area contributed by atoms with Crippen LogP contribution in [0.4, 0.5) is 11.4 Å². The minimum atomic E-state index is -0.287. The monoisotopic (exact) mass is 388 g/mol. The number of hydrogen-bond donors (Lipinski definition) is 0. The van der Waals surface area contributed by atoms with E-state index in [2.05, 4.69) is 0 Å². The standard InChI is InChI=1S/C23H20N2O2S/c1-3-24(17-10-5-4-6-11-17)21-20(19-13-8-14-28-19)22(26)25(23(21)27)18-12-7-9-16(2)15-18/h4-15H,3H2,1-2H3. The van der Waals surface area contributed by atoms with Crippen LogP contribution >= 0.6 is 11.3 Å². The van der Waals surface area contributed by atoms with Crippen molar-refractivity contribution in [1.82, 2.24) is 0 Å². The summed E-state index contributed by atoms with van der Waals surface area (Å²) in [5, 5.41) is 1.92. The highest BCUT2D eigenvalue weighted by molar-refractivity contribution is 7.11. The Bertz CT molecular complexity index is 1060. The Hall–Kier alpha value is -3.18. The van der Waals surface area contributed by atoms with Crippen molar-refractivity contribution in [3.05, 3.63) is 88.2 Å². The third-order valence-electron chi connectivity index (χ3n) is 4.74. The molecule has 28 heavy (non-hydrogen) atoms. The van der Waals surface area contributed by atoms with Crippen LogP contribution in [0.15, 0.2) is 77.8 Å². The molecule has 1 aliphatic heterocycles. The van der Waals surface area contributed by atoms with Crippen molar-refractivity contribution in [2.45, 2.75) is 13.8 Å².